The Morgan fingerprint density at radius 3 is 2.69 bits per heavy atom. The largest absolute Gasteiger partial charge is 0.338 e. The Kier molecular flexibility index (Phi) is 3.24. The van der Waals surface area contributed by atoms with Crippen LogP contribution in [0.1, 0.15) is 46.0 Å². The van der Waals surface area contributed by atoms with Gasteiger partial charge in [-0.2, -0.15) is 0 Å². The van der Waals surface area contributed by atoms with E-state index in [-0.39, 0.29) is 5.41 Å². The van der Waals surface area contributed by atoms with Crippen molar-refractivity contribution in [1.82, 2.24) is 4.90 Å². The van der Waals surface area contributed by atoms with Gasteiger partial charge < -0.3 is 10.6 Å². The first-order valence-corrected chi connectivity index (χ1v) is 6.60. The van der Waals surface area contributed by atoms with Gasteiger partial charge in [0, 0.05) is 24.5 Å². The molecule has 0 aromatic heterocycles. The van der Waals surface area contributed by atoms with Gasteiger partial charge in [0.05, 0.1) is 0 Å². The average molecular weight is 224 g/mol. The molecular weight excluding hydrogens is 200 g/mol. The maximum Gasteiger partial charge on any atom is 0.229 e. The summed E-state index contributed by atoms with van der Waals surface area (Å²) in [7, 11) is 0. The van der Waals surface area contributed by atoms with Crippen LogP contribution >= 0.6 is 0 Å². The molecule has 0 aromatic rings. The van der Waals surface area contributed by atoms with Crippen molar-refractivity contribution in [3.63, 3.8) is 0 Å². The van der Waals surface area contributed by atoms with Gasteiger partial charge in [0.1, 0.15) is 0 Å². The van der Waals surface area contributed by atoms with Crippen molar-refractivity contribution in [3.05, 3.63) is 0 Å². The van der Waals surface area contributed by atoms with Crippen molar-refractivity contribution < 1.29 is 4.79 Å². The summed E-state index contributed by atoms with van der Waals surface area (Å²) >= 11 is 0. The molecule has 3 heteroatoms. The van der Waals surface area contributed by atoms with Gasteiger partial charge >= 0.3 is 0 Å². The first-order chi connectivity index (χ1) is 7.59. The van der Waals surface area contributed by atoms with Crippen molar-refractivity contribution >= 4 is 5.91 Å². The summed E-state index contributed by atoms with van der Waals surface area (Å²) in [5.74, 6) is 1.01. The number of carbonyl (C=O) groups is 1. The molecule has 0 radical (unpaired) electrons. The zero-order valence-corrected chi connectivity index (χ0v) is 10.5. The molecule has 0 bridgehead atoms. The predicted molar refractivity (Wildman–Crippen MR) is 64.9 cm³/mol. The van der Waals surface area contributed by atoms with Crippen LogP contribution in [0.3, 0.4) is 0 Å². The maximum atomic E-state index is 12.5. The Labute approximate surface area is 98.4 Å². The number of amides is 1. The second-order valence-corrected chi connectivity index (χ2v) is 5.91. The lowest BCUT2D eigenvalue weighted by atomic mass is 9.92. The van der Waals surface area contributed by atoms with Crippen molar-refractivity contribution in [1.29, 1.82) is 0 Å². The van der Waals surface area contributed by atoms with Gasteiger partial charge in [-0.3, -0.25) is 4.79 Å². The third-order valence-corrected chi connectivity index (χ3v) is 4.02. The average Bonchev–Trinajstić information content (AvgIpc) is 2.85. The molecule has 16 heavy (non-hydrogen) atoms. The molecule has 0 aromatic carbocycles. The number of carbonyl (C=O) groups excluding carboxylic acids is 1. The second-order valence-electron chi connectivity index (χ2n) is 5.91. The number of nitrogens with two attached hydrogens (primary N) is 1. The zero-order valence-electron chi connectivity index (χ0n) is 10.5. The molecule has 3 nitrogen and oxygen atoms in total. The highest BCUT2D eigenvalue weighted by molar-refractivity contribution is 5.85. The van der Waals surface area contributed by atoms with Crippen LogP contribution in [-0.4, -0.2) is 29.9 Å². The van der Waals surface area contributed by atoms with E-state index in [2.05, 4.69) is 18.7 Å². The summed E-state index contributed by atoms with van der Waals surface area (Å²) in [6.07, 6.45) is 5.47. The summed E-state index contributed by atoms with van der Waals surface area (Å²) in [6.45, 7) is 5.97. The molecule has 1 amide bonds. The van der Waals surface area contributed by atoms with Crippen molar-refractivity contribution in [2.45, 2.75) is 52.0 Å². The van der Waals surface area contributed by atoms with Crippen molar-refractivity contribution in [2.75, 3.05) is 13.1 Å². The van der Waals surface area contributed by atoms with E-state index >= 15 is 0 Å². The normalized spacial score (nSPS) is 27.5. The summed E-state index contributed by atoms with van der Waals surface area (Å²) in [5.41, 5.74) is 5.74. The number of likely N-dealkylation sites (tertiary alicyclic amines) is 1. The fourth-order valence-electron chi connectivity index (χ4n) is 3.09. The summed E-state index contributed by atoms with van der Waals surface area (Å²) in [4.78, 5) is 14.6. The fraction of sp³-hybridized carbons (Fsp3) is 0.923. The van der Waals surface area contributed by atoms with Gasteiger partial charge in [0.25, 0.3) is 0 Å². The van der Waals surface area contributed by atoms with E-state index in [1.807, 2.05) is 0 Å². The van der Waals surface area contributed by atoms with E-state index in [9.17, 15) is 4.79 Å². The highest BCUT2D eigenvalue weighted by atomic mass is 16.2. The van der Waals surface area contributed by atoms with E-state index in [0.29, 0.717) is 24.4 Å². The van der Waals surface area contributed by atoms with Crippen LogP contribution in [0.15, 0.2) is 0 Å². The third-order valence-electron chi connectivity index (χ3n) is 4.02. The lowest BCUT2D eigenvalue weighted by molar-refractivity contribution is -0.138. The Morgan fingerprint density at radius 2 is 2.19 bits per heavy atom. The Hall–Kier alpha value is -0.570. The van der Waals surface area contributed by atoms with Gasteiger partial charge in [-0.05, 0) is 38.0 Å². The summed E-state index contributed by atoms with van der Waals surface area (Å²) in [5, 5.41) is 0. The van der Waals surface area contributed by atoms with Gasteiger partial charge in [-0.1, -0.05) is 13.8 Å². The molecule has 1 aliphatic carbocycles. The highest BCUT2D eigenvalue weighted by Crippen LogP contribution is 2.52. The van der Waals surface area contributed by atoms with Gasteiger partial charge in [0.2, 0.25) is 5.91 Å². The van der Waals surface area contributed by atoms with E-state index in [4.69, 9.17) is 5.73 Å². The van der Waals surface area contributed by atoms with Gasteiger partial charge in [-0.15, -0.1) is 0 Å². The third kappa shape index (κ3) is 2.10. The molecule has 2 rings (SSSR count). The van der Waals surface area contributed by atoms with E-state index < -0.39 is 0 Å². The molecule has 1 heterocycles. The number of hydrogen-bond donors (Lipinski definition) is 1. The molecule has 1 saturated carbocycles. The lowest BCUT2D eigenvalue weighted by Gasteiger charge is -2.29. The first kappa shape index (κ1) is 11.9. The first-order valence-electron chi connectivity index (χ1n) is 6.60. The van der Waals surface area contributed by atoms with Crippen molar-refractivity contribution in [3.8, 4) is 0 Å². The summed E-state index contributed by atoms with van der Waals surface area (Å²) < 4.78 is 0. The summed E-state index contributed by atoms with van der Waals surface area (Å²) in [6, 6.07) is 0.317. The van der Waals surface area contributed by atoms with Crippen LogP contribution in [-0.2, 0) is 4.79 Å². The minimum atomic E-state index is 0.00588. The Morgan fingerprint density at radius 1 is 1.50 bits per heavy atom. The number of hydrogen-bond acceptors (Lipinski definition) is 2. The Balaban J connectivity index is 2.01. The van der Waals surface area contributed by atoms with Crippen LogP contribution in [0.5, 0.6) is 0 Å². The minimum Gasteiger partial charge on any atom is -0.338 e. The molecule has 1 atom stereocenters. The van der Waals surface area contributed by atoms with Gasteiger partial charge in [0.15, 0.2) is 0 Å². The molecule has 92 valence electrons. The Bertz CT molecular complexity index is 271. The topological polar surface area (TPSA) is 46.3 Å². The minimum absolute atomic E-state index is 0.00588. The van der Waals surface area contributed by atoms with Crippen LogP contribution in [0.25, 0.3) is 0 Å². The molecular formula is C13H24N2O. The smallest absolute Gasteiger partial charge is 0.229 e. The van der Waals surface area contributed by atoms with Crippen LogP contribution in [0.4, 0.5) is 0 Å². The second kappa shape index (κ2) is 4.36. The SMILES string of the molecule is CC(C)CC1(C(=O)N2CCCC2CN)CC1. The molecule has 2 fully saturated rings. The number of rotatable bonds is 4. The molecule has 0 spiro atoms. The maximum absolute atomic E-state index is 12.5. The molecule has 1 unspecified atom stereocenters. The van der Waals surface area contributed by atoms with E-state index in [0.717, 1.165) is 38.6 Å². The van der Waals surface area contributed by atoms with Crippen LogP contribution in [0, 0.1) is 11.3 Å². The quantitative estimate of drug-likeness (QED) is 0.791. The zero-order chi connectivity index (χ0) is 11.8. The van der Waals surface area contributed by atoms with Crippen molar-refractivity contribution in [2.24, 2.45) is 17.1 Å². The van der Waals surface area contributed by atoms with Crippen LogP contribution < -0.4 is 5.73 Å². The van der Waals surface area contributed by atoms with Gasteiger partial charge in [-0.25, -0.2) is 0 Å². The molecule has 1 aliphatic heterocycles. The number of nitrogens with zero attached hydrogens (tertiary/aromatic N) is 1. The standard InChI is InChI=1S/C13H24N2O/c1-10(2)8-13(5-6-13)12(16)15-7-3-4-11(15)9-14/h10-11H,3-9,14H2,1-2H3. The predicted octanol–water partition coefficient (Wildman–Crippen LogP) is 1.76. The van der Waals surface area contributed by atoms with E-state index in [1.54, 1.807) is 0 Å². The fourth-order valence-corrected chi connectivity index (χ4v) is 3.09. The molecule has 2 aliphatic rings. The monoisotopic (exact) mass is 224 g/mol. The molecule has 1 saturated heterocycles. The van der Waals surface area contributed by atoms with Crippen LogP contribution in [0.2, 0.25) is 0 Å². The molecule has 2 N–H and O–H groups in total. The van der Waals surface area contributed by atoms with E-state index in [1.165, 1.54) is 0 Å². The lowest BCUT2D eigenvalue weighted by Crippen LogP contribution is -2.44. The highest BCUT2D eigenvalue weighted by Gasteiger charge is 2.52.